The van der Waals surface area contributed by atoms with E-state index in [4.69, 9.17) is 9.84 Å². The number of imidazole rings is 1. The van der Waals surface area contributed by atoms with Crippen LogP contribution in [0.25, 0.3) is 11.0 Å². The highest BCUT2D eigenvalue weighted by Crippen LogP contribution is 2.23. The molecule has 2 aromatic rings. The number of hydrogen-bond acceptors (Lipinski definition) is 2. The maximum absolute atomic E-state index is 8.77. The lowest BCUT2D eigenvalue weighted by molar-refractivity contribution is -0.692. The Kier molecular flexibility index (Phi) is 12.9. The molecule has 1 aromatic heterocycles. The van der Waals surface area contributed by atoms with Crippen molar-refractivity contribution in [3.8, 4) is 5.75 Å². The maximum atomic E-state index is 8.77. The largest absolute Gasteiger partial charge is 1.00 e. The molecule has 166 valence electrons. The molecule has 0 amide bonds. The standard InChI is InChI=1S/C24H41N2O2.HI/c1-20(2)25-19-26(21(3)4)24-18-22(14-15-23(24)25)28-17-13-11-9-7-5-6-8-10-12-16-27;/h14-15,18-21,27H,5-13,16-17H2,1-4H3;1H/q+1;/p-1. The van der Waals surface area contributed by atoms with Crippen LogP contribution in [0.5, 0.6) is 5.75 Å². The zero-order valence-electron chi connectivity index (χ0n) is 18.9. The number of fused-ring (bicyclic) bond motifs is 1. The van der Waals surface area contributed by atoms with E-state index in [1.807, 2.05) is 0 Å². The van der Waals surface area contributed by atoms with Crippen molar-refractivity contribution in [1.82, 2.24) is 4.57 Å². The quantitative estimate of drug-likeness (QED) is 0.238. The van der Waals surface area contributed by atoms with Gasteiger partial charge >= 0.3 is 0 Å². The van der Waals surface area contributed by atoms with Crippen LogP contribution >= 0.6 is 0 Å². The molecule has 29 heavy (non-hydrogen) atoms. The second kappa shape index (κ2) is 14.2. The summed E-state index contributed by atoms with van der Waals surface area (Å²) in [6.45, 7) is 10.0. The van der Waals surface area contributed by atoms with Crippen molar-refractivity contribution in [2.75, 3.05) is 13.2 Å². The first kappa shape index (κ1) is 26.2. The van der Waals surface area contributed by atoms with E-state index in [2.05, 4.69) is 61.4 Å². The van der Waals surface area contributed by atoms with E-state index in [1.54, 1.807) is 0 Å². The van der Waals surface area contributed by atoms with Crippen LogP contribution in [-0.2, 0) is 0 Å². The number of aliphatic hydroxyl groups excluding tert-OH is 1. The fraction of sp³-hybridized carbons (Fsp3) is 0.708. The van der Waals surface area contributed by atoms with Crippen molar-refractivity contribution >= 4 is 11.0 Å². The Labute approximate surface area is 194 Å². The minimum Gasteiger partial charge on any atom is -1.00 e. The lowest BCUT2D eigenvalue weighted by atomic mass is 10.1. The van der Waals surface area contributed by atoms with Gasteiger partial charge in [-0.05, 0) is 52.7 Å². The number of aromatic nitrogens is 2. The van der Waals surface area contributed by atoms with E-state index in [9.17, 15) is 0 Å². The summed E-state index contributed by atoms with van der Waals surface area (Å²) < 4.78 is 10.7. The van der Waals surface area contributed by atoms with Crippen molar-refractivity contribution in [2.45, 2.75) is 97.6 Å². The fourth-order valence-electron chi connectivity index (χ4n) is 3.74. The van der Waals surface area contributed by atoms with Crippen LogP contribution in [0, 0.1) is 0 Å². The summed E-state index contributed by atoms with van der Waals surface area (Å²) in [6, 6.07) is 7.38. The summed E-state index contributed by atoms with van der Waals surface area (Å²) in [4.78, 5) is 0. The summed E-state index contributed by atoms with van der Waals surface area (Å²) in [5.74, 6) is 0.979. The van der Waals surface area contributed by atoms with Crippen LogP contribution in [0.2, 0.25) is 0 Å². The molecule has 4 nitrogen and oxygen atoms in total. The summed E-state index contributed by atoms with van der Waals surface area (Å²) in [5, 5.41) is 8.77. The molecule has 1 heterocycles. The Morgan fingerprint density at radius 2 is 1.48 bits per heavy atom. The van der Waals surface area contributed by atoms with Gasteiger partial charge in [-0.1, -0.05) is 44.9 Å². The second-order valence-electron chi connectivity index (χ2n) is 8.52. The number of hydrogen-bond donors (Lipinski definition) is 1. The third-order valence-corrected chi connectivity index (χ3v) is 5.44. The first-order valence-corrected chi connectivity index (χ1v) is 11.3. The zero-order chi connectivity index (χ0) is 20.4. The molecule has 1 N–H and O–H groups in total. The van der Waals surface area contributed by atoms with Crippen LogP contribution in [0.1, 0.15) is 97.6 Å². The monoisotopic (exact) mass is 516 g/mol. The number of aliphatic hydroxyl groups is 1. The van der Waals surface area contributed by atoms with E-state index in [0.29, 0.717) is 18.7 Å². The van der Waals surface area contributed by atoms with Crippen LogP contribution in [0.3, 0.4) is 0 Å². The lowest BCUT2D eigenvalue weighted by Gasteiger charge is -2.07. The van der Waals surface area contributed by atoms with Gasteiger partial charge in [-0.15, -0.1) is 0 Å². The van der Waals surface area contributed by atoms with Crippen LogP contribution in [0.4, 0.5) is 0 Å². The van der Waals surface area contributed by atoms with E-state index in [1.165, 1.54) is 56.0 Å². The number of nitrogens with zero attached hydrogens (tertiary/aromatic N) is 2. The van der Waals surface area contributed by atoms with Crippen molar-refractivity contribution in [3.63, 3.8) is 0 Å². The average Bonchev–Trinajstić information content (AvgIpc) is 3.05. The zero-order valence-corrected chi connectivity index (χ0v) is 21.0. The van der Waals surface area contributed by atoms with Gasteiger partial charge in [-0.2, -0.15) is 0 Å². The van der Waals surface area contributed by atoms with E-state index >= 15 is 0 Å². The third-order valence-electron chi connectivity index (χ3n) is 5.44. The highest BCUT2D eigenvalue weighted by molar-refractivity contribution is 5.74. The molecule has 0 saturated heterocycles. The van der Waals surface area contributed by atoms with Crippen LogP contribution in [0.15, 0.2) is 24.5 Å². The molecule has 0 aliphatic carbocycles. The molecule has 5 heteroatoms. The molecular weight excluding hydrogens is 475 g/mol. The van der Waals surface area contributed by atoms with Gasteiger partial charge in [0.15, 0.2) is 11.0 Å². The summed E-state index contributed by atoms with van der Waals surface area (Å²) in [7, 11) is 0. The van der Waals surface area contributed by atoms with E-state index < -0.39 is 0 Å². The molecule has 0 fully saturated rings. The number of benzene rings is 1. The molecule has 1 aromatic carbocycles. The smallest absolute Gasteiger partial charge is 0.245 e. The number of rotatable bonds is 14. The van der Waals surface area contributed by atoms with Gasteiger partial charge in [-0.3, -0.25) is 0 Å². The fourth-order valence-corrected chi connectivity index (χ4v) is 3.74. The van der Waals surface area contributed by atoms with Crippen molar-refractivity contribution in [1.29, 1.82) is 0 Å². The highest BCUT2D eigenvalue weighted by atomic mass is 127. The minimum atomic E-state index is 0. The molecule has 0 radical (unpaired) electrons. The number of halogens is 1. The molecule has 0 aliphatic rings. The second-order valence-corrected chi connectivity index (χ2v) is 8.52. The predicted octanol–water partition coefficient (Wildman–Crippen LogP) is 2.98. The van der Waals surface area contributed by atoms with E-state index in [0.717, 1.165) is 25.2 Å². The predicted molar refractivity (Wildman–Crippen MR) is 117 cm³/mol. The Hall–Kier alpha value is -0.820. The van der Waals surface area contributed by atoms with Crippen molar-refractivity contribution < 1.29 is 38.4 Å². The topological polar surface area (TPSA) is 38.3 Å². The number of unbranched alkanes of at least 4 members (excludes halogenated alkanes) is 8. The molecular formula is C24H41IN2O2. The minimum absolute atomic E-state index is 0. The van der Waals surface area contributed by atoms with Crippen LogP contribution in [-0.4, -0.2) is 22.9 Å². The Bertz CT molecular complexity index is 697. The van der Waals surface area contributed by atoms with Gasteiger partial charge in [0.2, 0.25) is 6.33 Å². The lowest BCUT2D eigenvalue weighted by Crippen LogP contribution is -3.00. The van der Waals surface area contributed by atoms with Crippen molar-refractivity contribution in [3.05, 3.63) is 24.5 Å². The summed E-state index contributed by atoms with van der Waals surface area (Å²) in [5.41, 5.74) is 2.53. The normalized spacial score (nSPS) is 11.4. The Morgan fingerprint density at radius 3 is 2.03 bits per heavy atom. The molecule has 2 rings (SSSR count). The van der Waals surface area contributed by atoms with Gasteiger partial charge in [0, 0.05) is 12.7 Å². The SMILES string of the molecule is CC(C)n1c[n+](C(C)C)c2ccc(OCCCCCCCCCCCO)cc21.[I-]. The van der Waals surface area contributed by atoms with Crippen molar-refractivity contribution in [2.24, 2.45) is 0 Å². The van der Waals surface area contributed by atoms with Gasteiger partial charge in [0.1, 0.15) is 5.75 Å². The number of ether oxygens (including phenoxy) is 1. The third kappa shape index (κ3) is 8.44. The first-order chi connectivity index (χ1) is 13.5. The molecule has 0 saturated carbocycles. The maximum Gasteiger partial charge on any atom is 0.245 e. The molecule has 0 bridgehead atoms. The van der Waals surface area contributed by atoms with Gasteiger partial charge < -0.3 is 33.8 Å². The first-order valence-electron chi connectivity index (χ1n) is 11.3. The molecule has 0 aliphatic heterocycles. The molecule has 0 spiro atoms. The van der Waals surface area contributed by atoms with Gasteiger partial charge in [-0.25, -0.2) is 9.13 Å². The Balaban J connectivity index is 0.00000420. The van der Waals surface area contributed by atoms with Gasteiger partial charge in [0.25, 0.3) is 0 Å². The highest BCUT2D eigenvalue weighted by Gasteiger charge is 2.20. The Morgan fingerprint density at radius 1 is 0.897 bits per heavy atom. The van der Waals surface area contributed by atoms with Crippen LogP contribution < -0.4 is 33.3 Å². The molecule has 0 atom stereocenters. The van der Waals surface area contributed by atoms with E-state index in [-0.39, 0.29) is 24.0 Å². The van der Waals surface area contributed by atoms with Gasteiger partial charge in [0.05, 0.1) is 18.7 Å². The summed E-state index contributed by atoms with van der Waals surface area (Å²) >= 11 is 0. The summed E-state index contributed by atoms with van der Waals surface area (Å²) in [6.07, 6.45) is 13.3. The average molecular weight is 517 g/mol. The molecule has 0 unspecified atom stereocenters.